The van der Waals surface area contributed by atoms with Gasteiger partial charge in [-0.05, 0) is 0 Å². The van der Waals surface area contributed by atoms with Gasteiger partial charge in [0.15, 0.2) is 0 Å². The second kappa shape index (κ2) is 2.83. The molecular formula is C2H3ClO. The van der Waals surface area contributed by atoms with Crippen LogP contribution in [-0.4, -0.2) is 5.11 Å². The predicted octanol–water partition coefficient (Wildman–Crippen LogP) is 1.25. The third-order valence-corrected chi connectivity index (χ3v) is 0.169. The van der Waals surface area contributed by atoms with Crippen molar-refractivity contribution in [2.24, 2.45) is 0 Å². The lowest BCUT2D eigenvalue weighted by Crippen LogP contribution is -1.32. The Kier molecular flexibility index (Phi) is 2.71. The molecule has 0 aromatic heterocycles. The fourth-order valence-corrected chi connectivity index (χ4v) is 0. The average Bonchev–Trinajstić information content (AvgIpc) is 1.37. The van der Waals surface area contributed by atoms with Crippen LogP contribution in [0.5, 0.6) is 0 Å². The standard InChI is InChI=1S/C2H3ClO/c3-1-2-4/h1-2,4H/b2-1+. The van der Waals surface area contributed by atoms with Gasteiger partial charge in [0.25, 0.3) is 0 Å². The molecule has 0 saturated carbocycles. The van der Waals surface area contributed by atoms with Gasteiger partial charge in [0.1, 0.15) is 0 Å². The number of hydrogen-bond donors (Lipinski definition) is 1. The van der Waals surface area contributed by atoms with E-state index in [4.69, 9.17) is 16.7 Å². The van der Waals surface area contributed by atoms with Crippen molar-refractivity contribution in [3.8, 4) is 0 Å². The monoisotopic (exact) mass is 78.0 g/mol. The normalized spacial score (nSPS) is 9.25. The summed E-state index contributed by atoms with van der Waals surface area (Å²) in [7, 11) is 0. The molecule has 0 spiro atoms. The molecule has 1 N–H and O–H groups in total. The molecule has 0 atom stereocenters. The molecule has 0 amide bonds. The zero-order valence-corrected chi connectivity index (χ0v) is 2.74. The Morgan fingerprint density at radius 1 is 1.75 bits per heavy atom. The molecule has 0 radical (unpaired) electrons. The molecule has 0 aromatic rings. The second-order valence-electron chi connectivity index (χ2n) is 0.275. The van der Waals surface area contributed by atoms with Crippen LogP contribution >= 0.6 is 11.6 Å². The van der Waals surface area contributed by atoms with Gasteiger partial charge in [0, 0.05) is 5.54 Å². The number of aliphatic hydroxyl groups is 1. The molecule has 1 nitrogen and oxygen atoms in total. The van der Waals surface area contributed by atoms with Gasteiger partial charge in [-0.2, -0.15) is 0 Å². The molecule has 0 aliphatic rings. The van der Waals surface area contributed by atoms with Gasteiger partial charge < -0.3 is 5.11 Å². The van der Waals surface area contributed by atoms with Crippen LogP contribution in [0.4, 0.5) is 0 Å². The van der Waals surface area contributed by atoms with Gasteiger partial charge in [-0.25, -0.2) is 0 Å². The Balaban J connectivity index is 2.55. The quantitative estimate of drug-likeness (QED) is 0.433. The summed E-state index contributed by atoms with van der Waals surface area (Å²) in [4.78, 5) is 0. The smallest absolute Gasteiger partial charge is 0.0904 e. The third-order valence-electron chi connectivity index (χ3n) is 0.0563. The van der Waals surface area contributed by atoms with Gasteiger partial charge in [0.05, 0.1) is 6.26 Å². The van der Waals surface area contributed by atoms with Crippen LogP contribution in [-0.2, 0) is 0 Å². The first kappa shape index (κ1) is 3.83. The first-order chi connectivity index (χ1) is 1.91. The molecule has 4 heavy (non-hydrogen) atoms. The van der Waals surface area contributed by atoms with E-state index in [9.17, 15) is 0 Å². The Labute approximate surface area is 29.5 Å². The maximum Gasteiger partial charge on any atom is 0.0904 e. The van der Waals surface area contributed by atoms with Crippen molar-refractivity contribution in [3.05, 3.63) is 11.8 Å². The van der Waals surface area contributed by atoms with Gasteiger partial charge in [-0.3, -0.25) is 0 Å². The highest BCUT2D eigenvalue weighted by Gasteiger charge is 1.38. The number of rotatable bonds is 0. The molecule has 0 heterocycles. The van der Waals surface area contributed by atoms with E-state index in [1.54, 1.807) is 0 Å². The molecule has 0 saturated heterocycles. The summed E-state index contributed by atoms with van der Waals surface area (Å²) in [6.45, 7) is 0. The predicted molar refractivity (Wildman–Crippen MR) is 17.6 cm³/mol. The van der Waals surface area contributed by atoms with Crippen LogP contribution in [0.1, 0.15) is 0 Å². The summed E-state index contributed by atoms with van der Waals surface area (Å²) < 4.78 is 0. The van der Waals surface area contributed by atoms with Gasteiger partial charge in [-0.15, -0.1) is 0 Å². The van der Waals surface area contributed by atoms with E-state index in [-0.39, 0.29) is 0 Å². The van der Waals surface area contributed by atoms with Crippen LogP contribution in [0.25, 0.3) is 0 Å². The molecule has 0 aromatic carbocycles. The van der Waals surface area contributed by atoms with Crippen molar-refractivity contribution in [3.63, 3.8) is 0 Å². The van der Waals surface area contributed by atoms with E-state index >= 15 is 0 Å². The van der Waals surface area contributed by atoms with Crippen molar-refractivity contribution in [1.82, 2.24) is 0 Å². The van der Waals surface area contributed by atoms with Crippen LogP contribution in [0.3, 0.4) is 0 Å². The minimum absolute atomic E-state index is 0.765. The molecule has 0 unspecified atom stereocenters. The SMILES string of the molecule is O/C=C/Cl. The molecule has 0 aliphatic carbocycles. The number of hydrogen-bond acceptors (Lipinski definition) is 1. The summed E-state index contributed by atoms with van der Waals surface area (Å²) >= 11 is 4.76. The van der Waals surface area contributed by atoms with Crippen LogP contribution in [0.15, 0.2) is 11.8 Å². The molecule has 0 bridgehead atoms. The van der Waals surface area contributed by atoms with E-state index < -0.39 is 0 Å². The maximum absolute atomic E-state index is 7.56. The highest BCUT2D eigenvalue weighted by atomic mass is 35.5. The van der Waals surface area contributed by atoms with E-state index in [0.717, 1.165) is 11.8 Å². The highest BCUT2D eigenvalue weighted by molar-refractivity contribution is 6.25. The van der Waals surface area contributed by atoms with Crippen molar-refractivity contribution < 1.29 is 5.11 Å². The molecule has 24 valence electrons. The van der Waals surface area contributed by atoms with Gasteiger partial charge in [0.2, 0.25) is 0 Å². The summed E-state index contributed by atoms with van der Waals surface area (Å²) in [5, 5.41) is 7.56. The van der Waals surface area contributed by atoms with Crippen molar-refractivity contribution in [1.29, 1.82) is 0 Å². The largest absolute Gasteiger partial charge is 0.515 e. The van der Waals surface area contributed by atoms with E-state index in [0.29, 0.717) is 0 Å². The lowest BCUT2D eigenvalue weighted by molar-refractivity contribution is 0.475. The highest BCUT2D eigenvalue weighted by Crippen LogP contribution is 1.67. The van der Waals surface area contributed by atoms with Crippen LogP contribution in [0, 0.1) is 0 Å². The van der Waals surface area contributed by atoms with Gasteiger partial charge in [-0.1, -0.05) is 11.6 Å². The fraction of sp³-hybridized carbons (Fsp3) is 0. The first-order valence-corrected chi connectivity index (χ1v) is 1.25. The number of aliphatic hydroxyl groups excluding tert-OH is 1. The zero-order valence-electron chi connectivity index (χ0n) is 1.98. The minimum Gasteiger partial charge on any atom is -0.515 e. The third kappa shape index (κ3) is 1.83. The topological polar surface area (TPSA) is 20.2 Å². The Bertz CT molecular complexity index is 21.2. The Morgan fingerprint density at radius 3 is 2.00 bits per heavy atom. The summed E-state index contributed by atoms with van der Waals surface area (Å²) in [6.07, 6.45) is 0.765. The number of halogens is 1. The minimum atomic E-state index is 0.765. The summed E-state index contributed by atoms with van der Waals surface area (Å²) in [5.41, 5.74) is 1.03. The fourth-order valence-electron chi connectivity index (χ4n) is 0. The second-order valence-corrected chi connectivity index (χ2v) is 0.527. The average molecular weight is 78.5 g/mol. The molecule has 0 rings (SSSR count). The van der Waals surface area contributed by atoms with E-state index in [2.05, 4.69) is 0 Å². The van der Waals surface area contributed by atoms with Crippen molar-refractivity contribution in [2.45, 2.75) is 0 Å². The lowest BCUT2D eigenvalue weighted by Gasteiger charge is -1.51. The molecule has 0 aliphatic heterocycles. The zero-order chi connectivity index (χ0) is 3.41. The molecule has 0 fully saturated rings. The first-order valence-electron chi connectivity index (χ1n) is 0.810. The van der Waals surface area contributed by atoms with Crippen LogP contribution < -0.4 is 0 Å². The summed E-state index contributed by atoms with van der Waals surface area (Å²) in [6, 6.07) is 0. The van der Waals surface area contributed by atoms with E-state index in [1.165, 1.54) is 0 Å². The summed E-state index contributed by atoms with van der Waals surface area (Å²) in [5.74, 6) is 0. The molecular weight excluding hydrogens is 75.5 g/mol. The van der Waals surface area contributed by atoms with Crippen molar-refractivity contribution in [2.75, 3.05) is 0 Å². The maximum atomic E-state index is 7.56. The molecule has 2 heteroatoms. The van der Waals surface area contributed by atoms with Crippen molar-refractivity contribution >= 4 is 11.6 Å². The van der Waals surface area contributed by atoms with E-state index in [1.807, 2.05) is 0 Å². The lowest BCUT2D eigenvalue weighted by atomic mass is 11.2. The Hall–Kier alpha value is -0.170. The van der Waals surface area contributed by atoms with Gasteiger partial charge >= 0.3 is 0 Å². The Morgan fingerprint density at radius 2 is 2.00 bits per heavy atom. The van der Waals surface area contributed by atoms with Crippen LogP contribution in [0.2, 0.25) is 0 Å².